The minimum absolute atomic E-state index is 0.169. The Morgan fingerprint density at radius 3 is 2.67 bits per heavy atom. The Kier molecular flexibility index (Phi) is 4.88. The van der Waals surface area contributed by atoms with Gasteiger partial charge in [-0.1, -0.05) is 19.1 Å². The standard InChI is InChI=1S/C12H18N8O/c1-3-8-9(4-2)16-18-12(14-8)15-11(21)10-7-20(6-5-13)19-17-10/h7H,3-6,13H2,1-2H3,(H,14,15,18,21). The van der Waals surface area contributed by atoms with Crippen LogP contribution in [0.15, 0.2) is 6.20 Å². The molecule has 2 aromatic heterocycles. The van der Waals surface area contributed by atoms with Gasteiger partial charge < -0.3 is 5.73 Å². The number of anilines is 1. The van der Waals surface area contributed by atoms with Crippen LogP contribution in [0.4, 0.5) is 5.95 Å². The first-order chi connectivity index (χ1) is 10.2. The van der Waals surface area contributed by atoms with Gasteiger partial charge in [-0.3, -0.25) is 14.8 Å². The van der Waals surface area contributed by atoms with Crippen LogP contribution in [0.1, 0.15) is 35.7 Å². The van der Waals surface area contributed by atoms with E-state index in [-0.39, 0.29) is 11.6 Å². The van der Waals surface area contributed by atoms with Crippen molar-refractivity contribution in [2.24, 2.45) is 5.73 Å². The SMILES string of the molecule is CCc1nnc(NC(=O)c2cn(CCN)nn2)nc1CC. The summed E-state index contributed by atoms with van der Waals surface area (Å²) in [6, 6.07) is 0. The van der Waals surface area contributed by atoms with Gasteiger partial charge in [0, 0.05) is 6.54 Å². The van der Waals surface area contributed by atoms with E-state index < -0.39 is 5.91 Å². The lowest BCUT2D eigenvalue weighted by atomic mass is 10.2. The van der Waals surface area contributed by atoms with Gasteiger partial charge in [-0.25, -0.2) is 4.98 Å². The lowest BCUT2D eigenvalue weighted by Crippen LogP contribution is -2.17. The van der Waals surface area contributed by atoms with Crippen molar-refractivity contribution in [1.29, 1.82) is 0 Å². The molecule has 2 rings (SSSR count). The molecule has 9 nitrogen and oxygen atoms in total. The van der Waals surface area contributed by atoms with E-state index in [1.54, 1.807) is 0 Å². The molecule has 0 aliphatic rings. The van der Waals surface area contributed by atoms with Gasteiger partial charge in [0.25, 0.3) is 5.91 Å². The van der Waals surface area contributed by atoms with Crippen molar-refractivity contribution in [3.63, 3.8) is 0 Å². The second-order valence-corrected chi connectivity index (χ2v) is 4.35. The van der Waals surface area contributed by atoms with E-state index in [1.165, 1.54) is 10.9 Å². The van der Waals surface area contributed by atoms with E-state index in [0.717, 1.165) is 24.2 Å². The molecule has 0 fully saturated rings. The van der Waals surface area contributed by atoms with Gasteiger partial charge in [0.15, 0.2) is 5.69 Å². The van der Waals surface area contributed by atoms with Gasteiger partial charge in [0.05, 0.1) is 24.1 Å². The third kappa shape index (κ3) is 3.57. The molecular formula is C12H18N8O. The van der Waals surface area contributed by atoms with Crippen LogP contribution in [-0.2, 0) is 19.4 Å². The van der Waals surface area contributed by atoms with Crippen molar-refractivity contribution in [2.45, 2.75) is 33.2 Å². The molecule has 0 saturated heterocycles. The van der Waals surface area contributed by atoms with E-state index in [2.05, 4.69) is 30.8 Å². The molecule has 9 heteroatoms. The summed E-state index contributed by atoms with van der Waals surface area (Å²) in [7, 11) is 0. The monoisotopic (exact) mass is 290 g/mol. The number of aryl methyl sites for hydroxylation is 2. The van der Waals surface area contributed by atoms with Crippen LogP contribution in [0, 0.1) is 0 Å². The summed E-state index contributed by atoms with van der Waals surface area (Å²) in [5.41, 5.74) is 7.26. The average Bonchev–Trinajstić information content (AvgIpc) is 2.96. The Labute approximate surface area is 122 Å². The number of carbonyl (C=O) groups is 1. The van der Waals surface area contributed by atoms with Crippen LogP contribution in [0.25, 0.3) is 0 Å². The number of rotatable bonds is 6. The van der Waals surface area contributed by atoms with Crippen LogP contribution >= 0.6 is 0 Å². The van der Waals surface area contributed by atoms with E-state index in [1.807, 2.05) is 13.8 Å². The Morgan fingerprint density at radius 2 is 2.00 bits per heavy atom. The molecule has 0 saturated carbocycles. The third-order valence-corrected chi connectivity index (χ3v) is 2.86. The predicted octanol–water partition coefficient (Wildman–Crippen LogP) is -0.201. The Bertz CT molecular complexity index is 623. The zero-order valence-electron chi connectivity index (χ0n) is 12.1. The van der Waals surface area contributed by atoms with Crippen molar-refractivity contribution < 1.29 is 4.79 Å². The average molecular weight is 290 g/mol. The number of nitrogens with two attached hydrogens (primary N) is 1. The van der Waals surface area contributed by atoms with Crippen molar-refractivity contribution in [3.8, 4) is 0 Å². The summed E-state index contributed by atoms with van der Waals surface area (Å²) in [5.74, 6) is -0.256. The molecule has 2 heterocycles. The minimum Gasteiger partial charge on any atom is -0.329 e. The summed E-state index contributed by atoms with van der Waals surface area (Å²) in [5, 5.41) is 18.1. The van der Waals surface area contributed by atoms with Crippen molar-refractivity contribution >= 4 is 11.9 Å². The van der Waals surface area contributed by atoms with Crippen LogP contribution in [-0.4, -0.2) is 42.6 Å². The molecule has 1 amide bonds. The highest BCUT2D eigenvalue weighted by atomic mass is 16.2. The Balaban J connectivity index is 2.11. The van der Waals surface area contributed by atoms with Crippen molar-refractivity contribution in [1.82, 2.24) is 30.2 Å². The Morgan fingerprint density at radius 1 is 1.24 bits per heavy atom. The minimum atomic E-state index is -0.425. The zero-order valence-corrected chi connectivity index (χ0v) is 12.1. The summed E-state index contributed by atoms with van der Waals surface area (Å²) < 4.78 is 1.51. The highest BCUT2D eigenvalue weighted by Crippen LogP contribution is 2.07. The first kappa shape index (κ1) is 15.0. The number of aromatic nitrogens is 6. The van der Waals surface area contributed by atoms with Crippen LogP contribution in [0.5, 0.6) is 0 Å². The van der Waals surface area contributed by atoms with E-state index in [9.17, 15) is 4.79 Å². The lowest BCUT2D eigenvalue weighted by molar-refractivity contribution is 0.102. The summed E-state index contributed by atoms with van der Waals surface area (Å²) in [6.07, 6.45) is 3.01. The smallest absolute Gasteiger partial charge is 0.280 e. The first-order valence-corrected chi connectivity index (χ1v) is 6.81. The fourth-order valence-electron chi connectivity index (χ4n) is 1.80. The zero-order chi connectivity index (χ0) is 15.2. The molecule has 0 aliphatic heterocycles. The highest BCUT2D eigenvalue weighted by Gasteiger charge is 2.14. The molecule has 0 unspecified atom stereocenters. The molecule has 0 aliphatic carbocycles. The van der Waals surface area contributed by atoms with E-state index in [0.29, 0.717) is 13.1 Å². The lowest BCUT2D eigenvalue weighted by Gasteiger charge is -2.05. The van der Waals surface area contributed by atoms with Crippen LogP contribution < -0.4 is 11.1 Å². The molecular weight excluding hydrogens is 272 g/mol. The van der Waals surface area contributed by atoms with Crippen molar-refractivity contribution in [3.05, 3.63) is 23.3 Å². The van der Waals surface area contributed by atoms with E-state index >= 15 is 0 Å². The molecule has 112 valence electrons. The maximum Gasteiger partial charge on any atom is 0.280 e. The molecule has 21 heavy (non-hydrogen) atoms. The number of amides is 1. The normalized spacial score (nSPS) is 10.6. The van der Waals surface area contributed by atoms with Gasteiger partial charge in [-0.15, -0.1) is 15.3 Å². The molecule has 3 N–H and O–H groups in total. The first-order valence-electron chi connectivity index (χ1n) is 6.81. The maximum absolute atomic E-state index is 12.0. The van der Waals surface area contributed by atoms with Gasteiger partial charge in [0.2, 0.25) is 5.95 Å². The van der Waals surface area contributed by atoms with E-state index in [4.69, 9.17) is 5.73 Å². The molecule has 0 bridgehead atoms. The fraction of sp³-hybridized carbons (Fsp3) is 0.500. The van der Waals surface area contributed by atoms with Gasteiger partial charge in [-0.05, 0) is 12.8 Å². The predicted molar refractivity (Wildman–Crippen MR) is 75.6 cm³/mol. The number of nitrogens with one attached hydrogen (secondary N) is 1. The second-order valence-electron chi connectivity index (χ2n) is 4.35. The molecule has 0 spiro atoms. The van der Waals surface area contributed by atoms with Gasteiger partial charge in [-0.2, -0.15) is 0 Å². The number of hydrogen-bond donors (Lipinski definition) is 2. The number of carbonyl (C=O) groups excluding carboxylic acids is 1. The number of nitrogens with zero attached hydrogens (tertiary/aromatic N) is 6. The fourth-order valence-corrected chi connectivity index (χ4v) is 1.80. The second kappa shape index (κ2) is 6.84. The van der Waals surface area contributed by atoms with Crippen LogP contribution in [0.3, 0.4) is 0 Å². The topological polar surface area (TPSA) is 124 Å². The molecule has 0 atom stereocenters. The summed E-state index contributed by atoms with van der Waals surface area (Å²) in [6.45, 7) is 4.89. The molecule has 0 aromatic carbocycles. The summed E-state index contributed by atoms with van der Waals surface area (Å²) in [4.78, 5) is 16.3. The quantitative estimate of drug-likeness (QED) is 0.754. The largest absolute Gasteiger partial charge is 0.329 e. The van der Waals surface area contributed by atoms with Crippen LogP contribution in [0.2, 0.25) is 0 Å². The Hall–Kier alpha value is -2.42. The maximum atomic E-state index is 12.0. The summed E-state index contributed by atoms with van der Waals surface area (Å²) >= 11 is 0. The van der Waals surface area contributed by atoms with Gasteiger partial charge >= 0.3 is 0 Å². The highest BCUT2D eigenvalue weighted by molar-refractivity contribution is 6.01. The van der Waals surface area contributed by atoms with Crippen molar-refractivity contribution in [2.75, 3.05) is 11.9 Å². The third-order valence-electron chi connectivity index (χ3n) is 2.86. The molecule has 0 radical (unpaired) electrons. The number of hydrogen-bond acceptors (Lipinski definition) is 7. The molecule has 2 aromatic rings. The van der Waals surface area contributed by atoms with Gasteiger partial charge in [0.1, 0.15) is 0 Å².